The predicted octanol–water partition coefficient (Wildman–Crippen LogP) is 3.22. The lowest BCUT2D eigenvalue weighted by Gasteiger charge is -2.41. The smallest absolute Gasteiger partial charge is 0.412 e. The number of ether oxygens (including phenoxy) is 2. The van der Waals surface area contributed by atoms with Crippen LogP contribution in [-0.4, -0.2) is 37.5 Å². The third-order valence-electron chi connectivity index (χ3n) is 3.52. The lowest BCUT2D eigenvalue weighted by atomic mass is 9.88. The van der Waals surface area contributed by atoms with Crippen molar-refractivity contribution in [2.24, 2.45) is 0 Å². The summed E-state index contributed by atoms with van der Waals surface area (Å²) in [5.74, 6) is 0. The fourth-order valence-electron chi connectivity index (χ4n) is 2.31. The third kappa shape index (κ3) is 4.35. The number of rotatable bonds is 4. The van der Waals surface area contributed by atoms with Crippen molar-refractivity contribution in [2.75, 3.05) is 25.5 Å². The van der Waals surface area contributed by atoms with E-state index in [0.717, 1.165) is 25.1 Å². The van der Waals surface area contributed by atoms with Crippen molar-refractivity contribution >= 4 is 23.4 Å². The Morgan fingerprint density at radius 1 is 1.41 bits per heavy atom. The topological polar surface area (TPSA) is 59.6 Å². The number of hydrogen-bond donors (Lipinski definition) is 2. The van der Waals surface area contributed by atoms with Crippen LogP contribution in [-0.2, 0) is 15.9 Å². The predicted molar refractivity (Wildman–Crippen MR) is 87.6 cm³/mol. The number of methoxy groups -OCH3 is 1. The van der Waals surface area contributed by atoms with Crippen LogP contribution < -0.4 is 10.6 Å². The molecule has 1 fully saturated rings. The van der Waals surface area contributed by atoms with E-state index in [-0.39, 0.29) is 5.60 Å². The van der Waals surface area contributed by atoms with Crippen LogP contribution in [0.1, 0.15) is 26.3 Å². The Balaban J connectivity index is 2.08. The van der Waals surface area contributed by atoms with Gasteiger partial charge in [-0.15, -0.1) is 0 Å². The number of halogens is 1. The molecule has 0 saturated carbocycles. The second-order valence-corrected chi connectivity index (χ2v) is 7.02. The Labute approximate surface area is 136 Å². The van der Waals surface area contributed by atoms with Gasteiger partial charge in [0.05, 0.1) is 16.3 Å². The zero-order valence-electron chi connectivity index (χ0n) is 13.5. The summed E-state index contributed by atoms with van der Waals surface area (Å²) in [5, 5.41) is 6.39. The zero-order chi connectivity index (χ0) is 16.4. The van der Waals surface area contributed by atoms with Crippen molar-refractivity contribution in [2.45, 2.75) is 38.4 Å². The second-order valence-electron chi connectivity index (χ2n) is 6.61. The van der Waals surface area contributed by atoms with Gasteiger partial charge in [-0.25, -0.2) is 4.79 Å². The van der Waals surface area contributed by atoms with Crippen LogP contribution in [0.2, 0.25) is 5.02 Å². The van der Waals surface area contributed by atoms with Gasteiger partial charge in [0, 0.05) is 26.6 Å². The molecule has 5 nitrogen and oxygen atoms in total. The van der Waals surface area contributed by atoms with Gasteiger partial charge in [0.25, 0.3) is 0 Å². The third-order valence-corrected chi connectivity index (χ3v) is 3.85. The average Bonchev–Trinajstić information content (AvgIpc) is 2.35. The number of hydrogen-bond acceptors (Lipinski definition) is 4. The molecule has 1 aliphatic rings. The quantitative estimate of drug-likeness (QED) is 0.892. The molecule has 22 heavy (non-hydrogen) atoms. The SMILES string of the molecule is COC1(Cc2ccc(Cl)c(NC(=O)OC(C)(C)C)c2)CNC1. The van der Waals surface area contributed by atoms with Crippen molar-refractivity contribution in [1.82, 2.24) is 5.32 Å². The summed E-state index contributed by atoms with van der Waals surface area (Å²) in [7, 11) is 1.72. The van der Waals surface area contributed by atoms with E-state index in [2.05, 4.69) is 10.6 Å². The normalized spacial score (nSPS) is 16.8. The first kappa shape index (κ1) is 17.1. The lowest BCUT2D eigenvalue weighted by molar-refractivity contribution is -0.0502. The lowest BCUT2D eigenvalue weighted by Crippen LogP contribution is -2.61. The van der Waals surface area contributed by atoms with E-state index in [1.165, 1.54) is 0 Å². The fourth-order valence-corrected chi connectivity index (χ4v) is 2.47. The molecule has 0 unspecified atom stereocenters. The average molecular weight is 327 g/mol. The summed E-state index contributed by atoms with van der Waals surface area (Å²) >= 11 is 6.15. The summed E-state index contributed by atoms with van der Waals surface area (Å²) in [4.78, 5) is 11.9. The van der Waals surface area contributed by atoms with Crippen molar-refractivity contribution in [3.05, 3.63) is 28.8 Å². The highest BCUT2D eigenvalue weighted by atomic mass is 35.5. The van der Waals surface area contributed by atoms with E-state index in [4.69, 9.17) is 21.1 Å². The first-order valence-corrected chi connectivity index (χ1v) is 7.65. The molecule has 1 amide bonds. The molecule has 1 saturated heterocycles. The van der Waals surface area contributed by atoms with Crippen LogP contribution >= 0.6 is 11.6 Å². The molecule has 0 bridgehead atoms. The van der Waals surface area contributed by atoms with Gasteiger partial charge >= 0.3 is 6.09 Å². The van der Waals surface area contributed by atoms with Crippen LogP contribution in [0.25, 0.3) is 0 Å². The fraction of sp³-hybridized carbons (Fsp3) is 0.562. The first-order valence-electron chi connectivity index (χ1n) is 7.27. The molecule has 0 radical (unpaired) electrons. The Morgan fingerprint density at radius 3 is 2.59 bits per heavy atom. The van der Waals surface area contributed by atoms with Crippen molar-refractivity contribution < 1.29 is 14.3 Å². The summed E-state index contributed by atoms with van der Waals surface area (Å²) in [6.45, 7) is 7.09. The summed E-state index contributed by atoms with van der Waals surface area (Å²) in [6, 6.07) is 5.59. The molecule has 0 spiro atoms. The number of benzene rings is 1. The van der Waals surface area contributed by atoms with Crippen LogP contribution in [0.15, 0.2) is 18.2 Å². The molecule has 0 aromatic heterocycles. The van der Waals surface area contributed by atoms with E-state index in [9.17, 15) is 4.79 Å². The van der Waals surface area contributed by atoms with E-state index in [1.807, 2.05) is 32.9 Å². The van der Waals surface area contributed by atoms with E-state index in [0.29, 0.717) is 10.7 Å². The van der Waals surface area contributed by atoms with Crippen LogP contribution in [0.4, 0.5) is 10.5 Å². The molecule has 2 N–H and O–H groups in total. The maximum Gasteiger partial charge on any atom is 0.412 e. The highest BCUT2D eigenvalue weighted by molar-refractivity contribution is 6.33. The molecule has 1 heterocycles. The maximum atomic E-state index is 11.9. The molecule has 0 aliphatic carbocycles. The van der Waals surface area contributed by atoms with Crippen molar-refractivity contribution in [1.29, 1.82) is 0 Å². The number of nitrogens with one attached hydrogen (secondary N) is 2. The monoisotopic (exact) mass is 326 g/mol. The minimum atomic E-state index is -0.550. The van der Waals surface area contributed by atoms with Crippen molar-refractivity contribution in [3.63, 3.8) is 0 Å². The summed E-state index contributed by atoms with van der Waals surface area (Å²) in [5.41, 5.74) is 0.883. The van der Waals surface area contributed by atoms with Gasteiger partial charge in [-0.05, 0) is 38.5 Å². The van der Waals surface area contributed by atoms with E-state index < -0.39 is 11.7 Å². The van der Waals surface area contributed by atoms with Gasteiger partial charge in [-0.1, -0.05) is 17.7 Å². The molecule has 1 aromatic rings. The molecular weight excluding hydrogens is 304 g/mol. The molecule has 0 atom stereocenters. The van der Waals surface area contributed by atoms with Crippen LogP contribution in [0, 0.1) is 0 Å². The van der Waals surface area contributed by atoms with Gasteiger partial charge in [0.2, 0.25) is 0 Å². The number of carbonyl (C=O) groups is 1. The number of amides is 1. The van der Waals surface area contributed by atoms with Gasteiger partial charge in [-0.3, -0.25) is 5.32 Å². The highest BCUT2D eigenvalue weighted by Crippen LogP contribution is 2.28. The number of carbonyl (C=O) groups excluding carboxylic acids is 1. The zero-order valence-corrected chi connectivity index (χ0v) is 14.2. The van der Waals surface area contributed by atoms with Gasteiger partial charge < -0.3 is 14.8 Å². The molecule has 6 heteroatoms. The van der Waals surface area contributed by atoms with E-state index >= 15 is 0 Å². The Morgan fingerprint density at radius 2 is 2.09 bits per heavy atom. The Kier molecular flexibility index (Phi) is 5.00. The second kappa shape index (κ2) is 6.44. The van der Waals surface area contributed by atoms with Gasteiger partial charge in [-0.2, -0.15) is 0 Å². The number of anilines is 1. The maximum absolute atomic E-state index is 11.9. The molecule has 122 valence electrons. The van der Waals surface area contributed by atoms with Gasteiger partial charge in [0.1, 0.15) is 5.60 Å². The van der Waals surface area contributed by atoms with Crippen LogP contribution in [0.5, 0.6) is 0 Å². The molecule has 1 aliphatic heterocycles. The molecule has 2 rings (SSSR count). The van der Waals surface area contributed by atoms with Crippen molar-refractivity contribution in [3.8, 4) is 0 Å². The van der Waals surface area contributed by atoms with E-state index in [1.54, 1.807) is 13.2 Å². The minimum absolute atomic E-state index is 0.170. The summed E-state index contributed by atoms with van der Waals surface area (Å²) in [6.07, 6.45) is 0.245. The largest absolute Gasteiger partial charge is 0.444 e. The minimum Gasteiger partial charge on any atom is -0.444 e. The highest BCUT2D eigenvalue weighted by Gasteiger charge is 2.37. The van der Waals surface area contributed by atoms with Crippen LogP contribution in [0.3, 0.4) is 0 Å². The molecule has 1 aromatic carbocycles. The molecular formula is C16H23ClN2O3. The summed E-state index contributed by atoms with van der Waals surface area (Å²) < 4.78 is 10.8. The Bertz CT molecular complexity index is 545. The standard InChI is InChI=1S/C16H23ClN2O3/c1-15(2,3)22-14(20)19-13-7-11(5-6-12(13)17)8-16(21-4)9-18-10-16/h5-7,18H,8-10H2,1-4H3,(H,19,20). The first-order chi connectivity index (χ1) is 10.2. The Hall–Kier alpha value is -1.30. The van der Waals surface area contributed by atoms with Gasteiger partial charge in [0.15, 0.2) is 0 Å².